The summed E-state index contributed by atoms with van der Waals surface area (Å²) in [7, 11) is 5.86. The van der Waals surface area contributed by atoms with Crippen molar-refractivity contribution in [1.29, 1.82) is 0 Å². The Labute approximate surface area is 415 Å². The largest absolute Gasteiger partial charge is 0.467 e. The van der Waals surface area contributed by atoms with E-state index >= 15 is 0 Å². The van der Waals surface area contributed by atoms with Crippen LogP contribution in [0.15, 0.2) is 0 Å². The molecule has 0 aliphatic rings. The third-order valence-electron chi connectivity index (χ3n) is 12.8. The molecule has 0 spiro atoms. The summed E-state index contributed by atoms with van der Waals surface area (Å²) < 4.78 is 30.6. The molecule has 0 aliphatic carbocycles. The number of hydrogen-bond acceptors (Lipinski definition) is 7. The van der Waals surface area contributed by atoms with Gasteiger partial charge in [-0.25, -0.2) is 0 Å². The maximum Gasteiger partial charge on any atom is 0.293 e. The minimum Gasteiger partial charge on any atom is -0.467 e. The second-order valence-electron chi connectivity index (χ2n) is 24.7. The summed E-state index contributed by atoms with van der Waals surface area (Å²) in [6.45, 7) is 39.1. The maximum atomic E-state index is 11.7. The molecule has 0 heterocycles. The van der Waals surface area contributed by atoms with E-state index in [0.717, 1.165) is 38.8 Å². The van der Waals surface area contributed by atoms with Gasteiger partial charge in [0.1, 0.15) is 6.61 Å². The lowest BCUT2D eigenvalue weighted by Crippen LogP contribution is -2.43. The van der Waals surface area contributed by atoms with Gasteiger partial charge in [0.15, 0.2) is 0 Å². The summed E-state index contributed by atoms with van der Waals surface area (Å²) in [4.78, 5) is 13.8. The van der Waals surface area contributed by atoms with E-state index in [1.807, 2.05) is 0 Å². The minimum absolute atomic E-state index is 0.00973. The summed E-state index contributed by atoms with van der Waals surface area (Å²) in [5.41, 5.74) is 0.179. The van der Waals surface area contributed by atoms with Crippen LogP contribution in [-0.4, -0.2) is 95.4 Å². The molecular weight excluding hydrogens is 910 g/mol. The Kier molecular flexibility index (Phi) is 37.2. The molecule has 2 unspecified atom stereocenters. The van der Waals surface area contributed by atoms with Gasteiger partial charge in [0.25, 0.3) is 6.47 Å². The third kappa shape index (κ3) is 39.9. The van der Waals surface area contributed by atoms with Gasteiger partial charge in [0.2, 0.25) is 0 Å². The van der Waals surface area contributed by atoms with Gasteiger partial charge in [0.05, 0.1) is 38.4 Å². The van der Waals surface area contributed by atoms with Crippen LogP contribution >= 0.6 is 22.6 Å². The van der Waals surface area contributed by atoms with Crippen LogP contribution in [0.1, 0.15) is 238 Å². The number of ether oxygens (including phenoxy) is 5. The van der Waals surface area contributed by atoms with E-state index in [0.29, 0.717) is 51.5 Å². The molecule has 2 atom stereocenters. The van der Waals surface area contributed by atoms with Crippen molar-refractivity contribution >= 4 is 29.1 Å². The van der Waals surface area contributed by atoms with Crippen LogP contribution in [0.3, 0.4) is 0 Å². The van der Waals surface area contributed by atoms with Crippen LogP contribution in [0.25, 0.3) is 0 Å². The monoisotopic (exact) mass is 1020 g/mol. The van der Waals surface area contributed by atoms with Gasteiger partial charge in [-0.2, -0.15) is 0 Å². The number of carbonyl (C=O) groups is 1. The van der Waals surface area contributed by atoms with Crippen LogP contribution in [0.2, 0.25) is 0 Å². The van der Waals surface area contributed by atoms with Crippen LogP contribution in [0.5, 0.6) is 0 Å². The lowest BCUT2D eigenvalue weighted by atomic mass is 9.71. The van der Waals surface area contributed by atoms with E-state index in [-0.39, 0.29) is 31.7 Å². The van der Waals surface area contributed by atoms with Gasteiger partial charge in [-0.1, -0.05) is 209 Å². The Morgan fingerprint density at radius 1 is 0.453 bits per heavy atom. The van der Waals surface area contributed by atoms with Crippen LogP contribution in [0.4, 0.5) is 0 Å². The number of halogens is 1. The Morgan fingerprint density at radius 2 is 0.859 bits per heavy atom. The van der Waals surface area contributed by atoms with Crippen LogP contribution < -0.4 is 0 Å². The first-order valence-corrected chi connectivity index (χ1v) is 27.4. The molecular formula is C56H114INO6. The Hall–Kier alpha value is -0.000000000000000153. The lowest BCUT2D eigenvalue weighted by Gasteiger charge is -2.38. The Bertz CT molecular complexity index is 1040. The Balaban J connectivity index is 0. The van der Waals surface area contributed by atoms with Crippen LogP contribution in [0, 0.1) is 32.5 Å². The highest BCUT2D eigenvalue weighted by molar-refractivity contribution is 14.1. The van der Waals surface area contributed by atoms with E-state index in [1.54, 1.807) is 7.11 Å². The van der Waals surface area contributed by atoms with Gasteiger partial charge in [-0.15, -0.1) is 0 Å². The quantitative estimate of drug-likeness (QED) is 0.0261. The molecule has 386 valence electrons. The molecule has 64 heavy (non-hydrogen) atoms. The highest BCUT2D eigenvalue weighted by Gasteiger charge is 2.37. The second-order valence-corrected chi connectivity index (χ2v) is 27.4. The molecule has 7 nitrogen and oxygen atoms in total. The van der Waals surface area contributed by atoms with Gasteiger partial charge in [-0.05, 0) is 99.1 Å². The smallest absolute Gasteiger partial charge is 0.293 e. The number of methoxy groups -OCH3 is 1. The normalized spacial score (nSPS) is 14.9. The van der Waals surface area contributed by atoms with E-state index < -0.39 is 5.41 Å². The molecule has 0 radical (unpaired) electrons. The predicted molar refractivity (Wildman–Crippen MR) is 287 cm³/mol. The summed E-state index contributed by atoms with van der Waals surface area (Å²) >= 11 is 2.69. The van der Waals surface area contributed by atoms with Crippen molar-refractivity contribution in [3.63, 3.8) is 0 Å². The Morgan fingerprint density at radius 3 is 1.31 bits per heavy atom. The zero-order valence-corrected chi connectivity index (χ0v) is 48.4. The third-order valence-corrected chi connectivity index (χ3v) is 13.7. The summed E-state index contributed by atoms with van der Waals surface area (Å²) in [6.07, 6.45) is 27.7. The fourth-order valence-electron chi connectivity index (χ4n) is 10.1. The van der Waals surface area contributed by atoms with E-state index in [2.05, 4.69) is 139 Å². The molecule has 0 saturated carbocycles. The number of rotatable bonds is 43. The van der Waals surface area contributed by atoms with Crippen LogP contribution in [-0.2, 0) is 28.5 Å². The molecule has 0 bridgehead atoms. The maximum absolute atomic E-state index is 11.7. The van der Waals surface area contributed by atoms with Crippen molar-refractivity contribution in [1.82, 2.24) is 4.90 Å². The van der Waals surface area contributed by atoms with Crippen molar-refractivity contribution in [2.75, 3.05) is 80.6 Å². The molecule has 0 aromatic rings. The fourth-order valence-corrected chi connectivity index (χ4v) is 11.5. The summed E-state index contributed by atoms with van der Waals surface area (Å²) in [6, 6.07) is 0. The van der Waals surface area contributed by atoms with Gasteiger partial charge < -0.3 is 28.6 Å². The van der Waals surface area contributed by atoms with E-state index in [4.69, 9.17) is 23.7 Å². The molecule has 0 saturated heterocycles. The van der Waals surface area contributed by atoms with Crippen molar-refractivity contribution in [2.24, 2.45) is 32.5 Å². The summed E-state index contributed by atoms with van der Waals surface area (Å²) in [5.74, 6) is 0. The number of nitrogens with zero attached hydrogens (tertiary/aromatic N) is 1. The number of unbranched alkanes of at least 4 members (excludes halogenated alkanes) is 11. The number of hydrogen-bond donors (Lipinski definition) is 0. The highest BCUT2D eigenvalue weighted by atomic mass is 127. The molecule has 0 rings (SSSR count). The average Bonchev–Trinajstić information content (AvgIpc) is 3.16. The molecule has 0 fully saturated rings. The van der Waals surface area contributed by atoms with Gasteiger partial charge in [0, 0.05) is 23.7 Å². The average molecular weight is 1020 g/mol. The molecule has 0 N–H and O–H groups in total. The zero-order chi connectivity index (χ0) is 49.2. The molecule has 0 amide bonds. The minimum atomic E-state index is -0.586. The molecule has 0 aromatic heterocycles. The lowest BCUT2D eigenvalue weighted by molar-refractivity contribution is -0.146. The molecule has 0 aromatic carbocycles. The first-order chi connectivity index (χ1) is 29.8. The highest BCUT2D eigenvalue weighted by Crippen LogP contribution is 2.41. The molecule has 8 heteroatoms. The molecule has 0 aliphatic heterocycles. The van der Waals surface area contributed by atoms with Crippen molar-refractivity contribution in [2.45, 2.75) is 242 Å². The summed E-state index contributed by atoms with van der Waals surface area (Å²) in [5, 5.41) is 0. The fraction of sp³-hybridized carbons (Fsp3) is 0.982. The number of carbonyl (C=O) groups excluding carboxylic acids is 1. The number of alkyl halides is 1. The van der Waals surface area contributed by atoms with Crippen molar-refractivity contribution < 1.29 is 28.5 Å². The topological polar surface area (TPSA) is 66.5 Å². The zero-order valence-electron chi connectivity index (χ0n) is 46.3. The standard InChI is InChI=1S/C50H99IO5.C6H15NO/c1-15-18-21-24-27-30-45(6,7)35-47(10,11)37-54-40-50(42-56-43-52,39-53-33-32-46(8,9)34-44(4,5)29-26-23-20-17-3)41-55-38-48(12,13)36-49(14,51)31-28-25-22-19-16-2;1-7(2)5-4-6-8-3/h43H,15-42H2,1-14H3;4-6H2,1-3H3. The van der Waals surface area contributed by atoms with E-state index in [1.165, 1.54) is 116 Å². The van der Waals surface area contributed by atoms with Crippen molar-refractivity contribution in [3.8, 4) is 0 Å². The van der Waals surface area contributed by atoms with Gasteiger partial charge in [-0.3, -0.25) is 4.79 Å². The predicted octanol–water partition coefficient (Wildman–Crippen LogP) is 16.4. The SMILES string of the molecule is CCCCCCCC(C)(C)CC(C)(C)COCC(COC=O)(COCCC(C)(C)CC(C)(C)CCCCCC)COCC(C)(C)CC(C)(I)CCCCCCC.COCCCN(C)C. The second kappa shape index (κ2) is 36.0. The van der Waals surface area contributed by atoms with Crippen molar-refractivity contribution in [3.05, 3.63) is 0 Å². The van der Waals surface area contributed by atoms with E-state index in [9.17, 15) is 4.79 Å². The van der Waals surface area contributed by atoms with Gasteiger partial charge >= 0.3 is 0 Å². The first-order valence-electron chi connectivity index (χ1n) is 26.4. The first kappa shape index (κ1) is 66.1.